The highest BCUT2D eigenvalue weighted by Gasteiger charge is 2.17. The van der Waals surface area contributed by atoms with Crippen LogP contribution in [0.4, 0.5) is 0 Å². The predicted molar refractivity (Wildman–Crippen MR) is 59.0 cm³/mol. The van der Waals surface area contributed by atoms with E-state index in [2.05, 4.69) is 24.2 Å². The molecule has 2 N–H and O–H groups in total. The summed E-state index contributed by atoms with van der Waals surface area (Å²) in [7, 11) is 1.61. The Kier molecular flexibility index (Phi) is 4.42. The van der Waals surface area contributed by atoms with Crippen molar-refractivity contribution in [3.8, 4) is 0 Å². The first kappa shape index (κ1) is 12.6. The van der Waals surface area contributed by atoms with Crippen molar-refractivity contribution in [2.75, 3.05) is 13.7 Å². The molecule has 6 heteroatoms. The molecule has 90 valence electrons. The molecule has 0 saturated carbocycles. The monoisotopic (exact) mass is 226 g/mol. The van der Waals surface area contributed by atoms with Gasteiger partial charge in [-0.05, 0) is 5.92 Å². The first-order valence-corrected chi connectivity index (χ1v) is 5.27. The van der Waals surface area contributed by atoms with E-state index in [1.165, 1.54) is 0 Å². The Labute approximate surface area is 94.8 Å². The van der Waals surface area contributed by atoms with Crippen LogP contribution >= 0.6 is 0 Å². The summed E-state index contributed by atoms with van der Waals surface area (Å²) in [5, 5.41) is 7.75. The van der Waals surface area contributed by atoms with Crippen molar-refractivity contribution >= 4 is 5.91 Å². The van der Waals surface area contributed by atoms with Crippen LogP contribution in [-0.2, 0) is 17.7 Å². The smallest absolute Gasteiger partial charge is 0.271 e. The average molecular weight is 226 g/mol. The van der Waals surface area contributed by atoms with Crippen LogP contribution in [0.1, 0.15) is 30.0 Å². The SMILES string of the molecule is COCCc1c(C(N)=O)nnn1CC(C)C. The highest BCUT2D eigenvalue weighted by atomic mass is 16.5. The van der Waals surface area contributed by atoms with Crippen molar-refractivity contribution < 1.29 is 9.53 Å². The molecule has 0 fully saturated rings. The van der Waals surface area contributed by atoms with Gasteiger partial charge >= 0.3 is 0 Å². The van der Waals surface area contributed by atoms with Crippen molar-refractivity contribution in [3.63, 3.8) is 0 Å². The number of carbonyl (C=O) groups is 1. The number of ether oxygens (including phenoxy) is 1. The van der Waals surface area contributed by atoms with Gasteiger partial charge in [0.05, 0.1) is 12.3 Å². The zero-order valence-corrected chi connectivity index (χ0v) is 9.93. The molecule has 0 aliphatic heterocycles. The zero-order valence-electron chi connectivity index (χ0n) is 9.93. The van der Waals surface area contributed by atoms with Gasteiger partial charge in [-0.25, -0.2) is 4.68 Å². The summed E-state index contributed by atoms with van der Waals surface area (Å²) in [5.41, 5.74) is 6.24. The second-order valence-corrected chi connectivity index (χ2v) is 4.07. The molecule has 0 bridgehead atoms. The molecular weight excluding hydrogens is 208 g/mol. The highest BCUT2D eigenvalue weighted by Crippen LogP contribution is 2.09. The Bertz CT molecular complexity index is 360. The quantitative estimate of drug-likeness (QED) is 0.752. The number of carbonyl (C=O) groups excluding carboxylic acids is 1. The van der Waals surface area contributed by atoms with E-state index >= 15 is 0 Å². The topological polar surface area (TPSA) is 83.0 Å². The Morgan fingerprint density at radius 2 is 2.25 bits per heavy atom. The summed E-state index contributed by atoms with van der Waals surface area (Å²) < 4.78 is 6.71. The second-order valence-electron chi connectivity index (χ2n) is 4.07. The molecule has 1 rings (SSSR count). The van der Waals surface area contributed by atoms with Crippen LogP contribution in [-0.4, -0.2) is 34.6 Å². The van der Waals surface area contributed by atoms with E-state index in [1.807, 2.05) is 0 Å². The highest BCUT2D eigenvalue weighted by molar-refractivity contribution is 5.91. The van der Waals surface area contributed by atoms with Crippen LogP contribution in [0.2, 0.25) is 0 Å². The largest absolute Gasteiger partial charge is 0.384 e. The molecule has 0 aromatic carbocycles. The molecule has 0 spiro atoms. The third kappa shape index (κ3) is 3.03. The molecule has 6 nitrogen and oxygen atoms in total. The minimum Gasteiger partial charge on any atom is -0.384 e. The van der Waals surface area contributed by atoms with Gasteiger partial charge in [0.2, 0.25) is 0 Å². The van der Waals surface area contributed by atoms with Gasteiger partial charge in [-0.3, -0.25) is 4.79 Å². The second kappa shape index (κ2) is 5.60. The summed E-state index contributed by atoms with van der Waals surface area (Å²) in [6, 6.07) is 0. The van der Waals surface area contributed by atoms with Crippen LogP contribution in [0, 0.1) is 5.92 Å². The van der Waals surface area contributed by atoms with Crippen LogP contribution in [0.15, 0.2) is 0 Å². The summed E-state index contributed by atoms with van der Waals surface area (Å²) in [6.45, 7) is 5.39. The van der Waals surface area contributed by atoms with Crippen molar-refractivity contribution in [2.24, 2.45) is 11.7 Å². The van der Waals surface area contributed by atoms with Crippen molar-refractivity contribution in [1.82, 2.24) is 15.0 Å². The van der Waals surface area contributed by atoms with E-state index < -0.39 is 5.91 Å². The number of aromatic nitrogens is 3. The maximum absolute atomic E-state index is 11.1. The van der Waals surface area contributed by atoms with E-state index in [-0.39, 0.29) is 5.69 Å². The number of methoxy groups -OCH3 is 1. The number of nitrogens with zero attached hydrogens (tertiary/aromatic N) is 3. The van der Waals surface area contributed by atoms with Crippen LogP contribution in [0.3, 0.4) is 0 Å². The summed E-state index contributed by atoms with van der Waals surface area (Å²) in [5.74, 6) is -0.107. The molecule has 0 radical (unpaired) electrons. The van der Waals surface area contributed by atoms with E-state index in [1.54, 1.807) is 11.8 Å². The molecule has 1 heterocycles. The van der Waals surface area contributed by atoms with Crippen LogP contribution in [0.25, 0.3) is 0 Å². The van der Waals surface area contributed by atoms with Crippen LogP contribution < -0.4 is 5.73 Å². The van der Waals surface area contributed by atoms with E-state index in [9.17, 15) is 4.79 Å². The van der Waals surface area contributed by atoms with Gasteiger partial charge in [-0.15, -0.1) is 5.10 Å². The lowest BCUT2D eigenvalue weighted by atomic mass is 10.2. The first-order valence-electron chi connectivity index (χ1n) is 5.27. The third-order valence-corrected chi connectivity index (χ3v) is 2.15. The van der Waals surface area contributed by atoms with Crippen LogP contribution in [0.5, 0.6) is 0 Å². The molecule has 1 aromatic heterocycles. The van der Waals surface area contributed by atoms with E-state index in [0.29, 0.717) is 18.9 Å². The lowest BCUT2D eigenvalue weighted by molar-refractivity contribution is 0.0994. The molecule has 0 atom stereocenters. The zero-order chi connectivity index (χ0) is 12.1. The van der Waals surface area contributed by atoms with E-state index in [0.717, 1.165) is 12.2 Å². The number of rotatable bonds is 6. The Morgan fingerprint density at radius 1 is 1.56 bits per heavy atom. The first-order chi connectivity index (χ1) is 7.56. The fourth-order valence-corrected chi connectivity index (χ4v) is 1.46. The Morgan fingerprint density at radius 3 is 2.75 bits per heavy atom. The van der Waals surface area contributed by atoms with Gasteiger partial charge in [0.15, 0.2) is 5.69 Å². The number of nitrogens with two attached hydrogens (primary N) is 1. The minimum atomic E-state index is -0.541. The van der Waals surface area contributed by atoms with Crippen molar-refractivity contribution in [1.29, 1.82) is 0 Å². The van der Waals surface area contributed by atoms with E-state index in [4.69, 9.17) is 10.5 Å². The number of hydrogen-bond donors (Lipinski definition) is 1. The van der Waals surface area contributed by atoms with Crippen molar-refractivity contribution in [2.45, 2.75) is 26.8 Å². The molecule has 0 aliphatic rings. The minimum absolute atomic E-state index is 0.248. The molecule has 1 amide bonds. The number of hydrogen-bond acceptors (Lipinski definition) is 4. The molecule has 0 aliphatic carbocycles. The summed E-state index contributed by atoms with van der Waals surface area (Å²) in [4.78, 5) is 11.1. The van der Waals surface area contributed by atoms with Gasteiger partial charge in [0.25, 0.3) is 5.91 Å². The standard InChI is InChI=1S/C10H18N4O2/c1-7(2)6-14-8(4-5-16-3)9(10(11)15)12-13-14/h7H,4-6H2,1-3H3,(H2,11,15). The fourth-order valence-electron chi connectivity index (χ4n) is 1.46. The maximum Gasteiger partial charge on any atom is 0.271 e. The number of primary amides is 1. The third-order valence-electron chi connectivity index (χ3n) is 2.15. The maximum atomic E-state index is 11.1. The van der Waals surface area contributed by atoms with Crippen molar-refractivity contribution in [3.05, 3.63) is 11.4 Å². The van der Waals surface area contributed by atoms with Gasteiger partial charge in [0, 0.05) is 20.1 Å². The molecular formula is C10H18N4O2. The Hall–Kier alpha value is -1.43. The van der Waals surface area contributed by atoms with Gasteiger partial charge in [-0.1, -0.05) is 19.1 Å². The normalized spacial score (nSPS) is 11.0. The molecule has 0 unspecified atom stereocenters. The summed E-state index contributed by atoms with van der Waals surface area (Å²) in [6.07, 6.45) is 0.592. The molecule has 16 heavy (non-hydrogen) atoms. The average Bonchev–Trinajstić information content (AvgIpc) is 2.57. The molecule has 1 aromatic rings. The lowest BCUT2D eigenvalue weighted by Crippen LogP contribution is -2.17. The van der Waals surface area contributed by atoms with Gasteiger partial charge in [0.1, 0.15) is 0 Å². The predicted octanol–water partition coefficient (Wildman–Crippen LogP) is 0.222. The number of amides is 1. The summed E-state index contributed by atoms with van der Waals surface area (Å²) >= 11 is 0. The molecule has 0 saturated heterocycles. The van der Waals surface area contributed by atoms with Gasteiger partial charge < -0.3 is 10.5 Å². The Balaban J connectivity index is 2.94. The fraction of sp³-hybridized carbons (Fsp3) is 0.700. The van der Waals surface area contributed by atoms with Gasteiger partial charge in [-0.2, -0.15) is 0 Å². The lowest BCUT2D eigenvalue weighted by Gasteiger charge is -2.08.